The molecule has 0 aliphatic carbocycles. The molecule has 0 saturated carbocycles. The summed E-state index contributed by atoms with van der Waals surface area (Å²) >= 11 is 1.64. The van der Waals surface area contributed by atoms with Gasteiger partial charge in [-0.3, -0.25) is 0 Å². The van der Waals surface area contributed by atoms with Gasteiger partial charge in [0.05, 0.1) is 5.39 Å². The van der Waals surface area contributed by atoms with Crippen LogP contribution in [0.4, 0.5) is 5.82 Å². The number of aromatic nitrogens is 4. The van der Waals surface area contributed by atoms with E-state index in [0.29, 0.717) is 17.5 Å². The Labute approximate surface area is 114 Å². The van der Waals surface area contributed by atoms with Crippen LogP contribution >= 0.6 is 11.3 Å². The van der Waals surface area contributed by atoms with Crippen molar-refractivity contribution in [3.05, 3.63) is 28.9 Å². The van der Waals surface area contributed by atoms with Crippen molar-refractivity contribution in [3.8, 4) is 11.6 Å². The zero-order valence-corrected chi connectivity index (χ0v) is 11.5. The first-order valence-corrected chi connectivity index (χ1v) is 6.84. The van der Waals surface area contributed by atoms with E-state index in [4.69, 9.17) is 5.73 Å². The SMILES string of the molecule is CCc1cc2c(N)nc(-c3ncc(C)cn3)nc2s1. The van der Waals surface area contributed by atoms with Crippen molar-refractivity contribution < 1.29 is 0 Å². The summed E-state index contributed by atoms with van der Waals surface area (Å²) in [6.45, 7) is 4.05. The summed E-state index contributed by atoms with van der Waals surface area (Å²) in [7, 11) is 0. The van der Waals surface area contributed by atoms with Crippen molar-refractivity contribution in [2.45, 2.75) is 20.3 Å². The van der Waals surface area contributed by atoms with Gasteiger partial charge < -0.3 is 5.73 Å². The Morgan fingerprint density at radius 2 is 1.89 bits per heavy atom. The maximum Gasteiger partial charge on any atom is 0.201 e. The first-order valence-electron chi connectivity index (χ1n) is 6.02. The minimum atomic E-state index is 0.481. The molecule has 0 aliphatic rings. The minimum absolute atomic E-state index is 0.481. The molecule has 5 nitrogen and oxygen atoms in total. The molecule has 6 heteroatoms. The molecule has 96 valence electrons. The van der Waals surface area contributed by atoms with E-state index in [0.717, 1.165) is 22.2 Å². The highest BCUT2D eigenvalue weighted by Crippen LogP contribution is 2.29. The highest BCUT2D eigenvalue weighted by atomic mass is 32.1. The van der Waals surface area contributed by atoms with Gasteiger partial charge >= 0.3 is 0 Å². The molecule has 0 fully saturated rings. The molecule has 0 saturated heterocycles. The summed E-state index contributed by atoms with van der Waals surface area (Å²) in [5.74, 6) is 1.47. The number of aryl methyl sites for hydroxylation is 2. The number of hydrogen-bond donors (Lipinski definition) is 1. The van der Waals surface area contributed by atoms with Gasteiger partial charge in [-0.05, 0) is 25.0 Å². The number of nitrogens with zero attached hydrogens (tertiary/aromatic N) is 4. The first-order chi connectivity index (χ1) is 9.17. The van der Waals surface area contributed by atoms with Crippen molar-refractivity contribution in [2.24, 2.45) is 0 Å². The Hall–Kier alpha value is -2.08. The van der Waals surface area contributed by atoms with Gasteiger partial charge in [-0.2, -0.15) is 0 Å². The molecule has 3 aromatic rings. The fraction of sp³-hybridized carbons (Fsp3) is 0.231. The van der Waals surface area contributed by atoms with E-state index in [2.05, 4.69) is 32.9 Å². The lowest BCUT2D eigenvalue weighted by Gasteiger charge is -2.01. The lowest BCUT2D eigenvalue weighted by Crippen LogP contribution is -1.99. The summed E-state index contributed by atoms with van der Waals surface area (Å²) < 4.78 is 0. The average molecular weight is 271 g/mol. The third kappa shape index (κ3) is 2.15. The monoisotopic (exact) mass is 271 g/mol. The molecule has 0 aromatic carbocycles. The molecule has 0 amide bonds. The Balaban J connectivity index is 2.17. The standard InChI is InChI=1S/C13H13N5S/c1-3-8-4-9-10(14)17-12(18-13(9)19-8)11-15-5-7(2)6-16-11/h4-6H,3H2,1-2H3,(H2,14,17,18). The third-order valence-electron chi connectivity index (χ3n) is 2.80. The van der Waals surface area contributed by atoms with Crippen LogP contribution in [-0.4, -0.2) is 19.9 Å². The van der Waals surface area contributed by atoms with Crippen LogP contribution < -0.4 is 5.73 Å². The lowest BCUT2D eigenvalue weighted by molar-refractivity contribution is 1.08. The van der Waals surface area contributed by atoms with Gasteiger partial charge in [0.15, 0.2) is 5.82 Å². The number of anilines is 1. The predicted octanol–water partition coefficient (Wildman–Crippen LogP) is 2.60. The topological polar surface area (TPSA) is 77.6 Å². The molecule has 2 N–H and O–H groups in total. The highest BCUT2D eigenvalue weighted by Gasteiger charge is 2.12. The zero-order chi connectivity index (χ0) is 13.4. The van der Waals surface area contributed by atoms with Crippen molar-refractivity contribution in [1.82, 2.24) is 19.9 Å². The zero-order valence-electron chi connectivity index (χ0n) is 10.7. The van der Waals surface area contributed by atoms with Gasteiger partial charge in [-0.25, -0.2) is 19.9 Å². The van der Waals surface area contributed by atoms with Crippen molar-refractivity contribution in [3.63, 3.8) is 0 Å². The first kappa shape index (κ1) is 12.0. The predicted molar refractivity (Wildman–Crippen MR) is 77.0 cm³/mol. The van der Waals surface area contributed by atoms with E-state index < -0.39 is 0 Å². The fourth-order valence-corrected chi connectivity index (χ4v) is 2.75. The van der Waals surface area contributed by atoms with Gasteiger partial charge in [0.25, 0.3) is 0 Å². The van der Waals surface area contributed by atoms with Crippen LogP contribution in [0.25, 0.3) is 21.9 Å². The van der Waals surface area contributed by atoms with Crippen LogP contribution in [0, 0.1) is 6.92 Å². The fourth-order valence-electron chi connectivity index (χ4n) is 1.78. The van der Waals surface area contributed by atoms with Crippen LogP contribution in [-0.2, 0) is 6.42 Å². The Morgan fingerprint density at radius 1 is 1.16 bits per heavy atom. The van der Waals surface area contributed by atoms with E-state index in [-0.39, 0.29) is 0 Å². The number of thiophene rings is 1. The highest BCUT2D eigenvalue weighted by molar-refractivity contribution is 7.18. The van der Waals surface area contributed by atoms with Gasteiger partial charge in [-0.1, -0.05) is 6.92 Å². The number of hydrogen-bond acceptors (Lipinski definition) is 6. The number of rotatable bonds is 2. The molecule has 19 heavy (non-hydrogen) atoms. The van der Waals surface area contributed by atoms with Crippen LogP contribution in [0.15, 0.2) is 18.5 Å². The number of nitrogen functional groups attached to an aromatic ring is 1. The smallest absolute Gasteiger partial charge is 0.201 e. The van der Waals surface area contributed by atoms with E-state index in [1.807, 2.05) is 6.92 Å². The molecule has 0 radical (unpaired) electrons. The lowest BCUT2D eigenvalue weighted by atomic mass is 10.3. The van der Waals surface area contributed by atoms with E-state index in [9.17, 15) is 0 Å². The molecule has 0 atom stereocenters. The third-order valence-corrected chi connectivity index (χ3v) is 3.98. The number of nitrogens with two attached hydrogens (primary N) is 1. The average Bonchev–Trinajstić information content (AvgIpc) is 2.83. The molecule has 3 heterocycles. The molecule has 0 unspecified atom stereocenters. The van der Waals surface area contributed by atoms with Crippen LogP contribution in [0.2, 0.25) is 0 Å². The van der Waals surface area contributed by atoms with Gasteiger partial charge in [-0.15, -0.1) is 11.3 Å². The normalized spacial score (nSPS) is 11.1. The summed E-state index contributed by atoms with van der Waals surface area (Å²) in [5, 5.41) is 0.915. The summed E-state index contributed by atoms with van der Waals surface area (Å²) in [6, 6.07) is 2.05. The van der Waals surface area contributed by atoms with E-state index in [1.165, 1.54) is 4.88 Å². The Kier molecular flexibility index (Phi) is 2.87. The van der Waals surface area contributed by atoms with Crippen LogP contribution in [0.1, 0.15) is 17.4 Å². The Morgan fingerprint density at radius 3 is 2.58 bits per heavy atom. The summed E-state index contributed by atoms with van der Waals surface area (Å²) in [5.41, 5.74) is 6.99. The second kappa shape index (κ2) is 4.55. The molecule has 3 aromatic heterocycles. The number of fused-ring (bicyclic) bond motifs is 1. The van der Waals surface area contributed by atoms with Crippen LogP contribution in [0.5, 0.6) is 0 Å². The van der Waals surface area contributed by atoms with Crippen molar-refractivity contribution in [1.29, 1.82) is 0 Å². The quantitative estimate of drug-likeness (QED) is 0.775. The van der Waals surface area contributed by atoms with Gasteiger partial charge in [0.2, 0.25) is 5.82 Å². The maximum atomic E-state index is 5.99. The van der Waals surface area contributed by atoms with Gasteiger partial charge in [0.1, 0.15) is 10.6 Å². The van der Waals surface area contributed by atoms with Crippen LogP contribution in [0.3, 0.4) is 0 Å². The van der Waals surface area contributed by atoms with Gasteiger partial charge in [0, 0.05) is 17.3 Å². The second-order valence-electron chi connectivity index (χ2n) is 4.30. The minimum Gasteiger partial charge on any atom is -0.383 e. The molecular weight excluding hydrogens is 258 g/mol. The largest absolute Gasteiger partial charge is 0.383 e. The molecular formula is C13H13N5S. The molecule has 0 spiro atoms. The van der Waals surface area contributed by atoms with E-state index in [1.54, 1.807) is 23.7 Å². The summed E-state index contributed by atoms with van der Waals surface area (Å²) in [4.78, 5) is 19.4. The van der Waals surface area contributed by atoms with E-state index >= 15 is 0 Å². The second-order valence-corrected chi connectivity index (χ2v) is 5.42. The summed E-state index contributed by atoms with van der Waals surface area (Å²) in [6.07, 6.45) is 4.47. The maximum absolute atomic E-state index is 5.99. The van der Waals surface area contributed by atoms with Crippen molar-refractivity contribution in [2.75, 3.05) is 5.73 Å². The molecule has 0 bridgehead atoms. The van der Waals surface area contributed by atoms with Crippen molar-refractivity contribution >= 4 is 27.4 Å². The molecule has 0 aliphatic heterocycles. The molecule has 3 rings (SSSR count). The Bertz CT molecular complexity index is 733.